The molecule has 0 aliphatic rings. The lowest BCUT2D eigenvalue weighted by Crippen LogP contribution is -2.27. The Kier molecular flexibility index (Phi) is 5.63. The first kappa shape index (κ1) is 18.1. The normalized spacial score (nSPS) is 10.9. The lowest BCUT2D eigenvalue weighted by molar-refractivity contribution is 0.0953. The van der Waals surface area contributed by atoms with Gasteiger partial charge in [-0.1, -0.05) is 44.2 Å². The second-order valence-electron chi connectivity index (χ2n) is 6.47. The molecule has 5 nitrogen and oxygen atoms in total. The van der Waals surface area contributed by atoms with Gasteiger partial charge >= 0.3 is 0 Å². The predicted octanol–water partition coefficient (Wildman–Crippen LogP) is 4.32. The Labute approximate surface area is 156 Å². The van der Waals surface area contributed by atoms with Crippen molar-refractivity contribution in [1.82, 2.24) is 9.69 Å². The van der Waals surface area contributed by atoms with Gasteiger partial charge in [-0.2, -0.15) is 4.37 Å². The molecule has 2 aromatic carbocycles. The van der Waals surface area contributed by atoms with Gasteiger partial charge in [0.05, 0.1) is 16.0 Å². The molecule has 0 saturated carbocycles. The number of hydrogen-bond acceptors (Lipinski definition) is 4. The molecule has 0 radical (unpaired) electrons. The standard InChI is InChI=1S/C20H21N3O2S/c1-13(2)11-12-21-19(24)14-7-3-5-9-16(14)22-20(25)18-15-8-4-6-10-17(15)26-23-18/h3-10,13H,11-12H2,1-2H3,(H,21,24)(H,22,25). The Bertz CT molecular complexity index is 933. The van der Waals surface area contributed by atoms with E-state index < -0.39 is 0 Å². The molecule has 1 heterocycles. The number of nitrogens with one attached hydrogen (secondary N) is 2. The van der Waals surface area contributed by atoms with Gasteiger partial charge in [0.15, 0.2) is 0 Å². The van der Waals surface area contributed by atoms with Gasteiger partial charge in [0.25, 0.3) is 11.8 Å². The molecule has 134 valence electrons. The van der Waals surface area contributed by atoms with E-state index >= 15 is 0 Å². The molecule has 26 heavy (non-hydrogen) atoms. The van der Waals surface area contributed by atoms with Crippen molar-refractivity contribution in [2.75, 3.05) is 11.9 Å². The summed E-state index contributed by atoms with van der Waals surface area (Å²) in [5.74, 6) is 0.0118. The largest absolute Gasteiger partial charge is 0.352 e. The van der Waals surface area contributed by atoms with E-state index in [9.17, 15) is 9.59 Å². The maximum atomic E-state index is 12.7. The lowest BCUT2D eigenvalue weighted by atomic mass is 10.1. The number of carbonyl (C=O) groups excluding carboxylic acids is 2. The van der Waals surface area contributed by atoms with E-state index in [2.05, 4.69) is 28.9 Å². The molecule has 0 saturated heterocycles. The summed E-state index contributed by atoms with van der Waals surface area (Å²) in [6.45, 7) is 4.83. The van der Waals surface area contributed by atoms with Crippen molar-refractivity contribution in [2.24, 2.45) is 5.92 Å². The lowest BCUT2D eigenvalue weighted by Gasteiger charge is -2.11. The van der Waals surface area contributed by atoms with E-state index in [1.54, 1.807) is 24.3 Å². The number of fused-ring (bicyclic) bond motifs is 1. The molecule has 3 rings (SSSR count). The van der Waals surface area contributed by atoms with Gasteiger partial charge in [-0.05, 0) is 42.1 Å². The van der Waals surface area contributed by atoms with E-state index in [0.29, 0.717) is 29.4 Å². The Morgan fingerprint density at radius 1 is 1.04 bits per heavy atom. The minimum Gasteiger partial charge on any atom is -0.352 e. The van der Waals surface area contributed by atoms with E-state index in [4.69, 9.17) is 0 Å². The first-order valence-electron chi connectivity index (χ1n) is 8.59. The summed E-state index contributed by atoms with van der Waals surface area (Å²) in [5.41, 5.74) is 1.31. The van der Waals surface area contributed by atoms with Crippen LogP contribution >= 0.6 is 11.5 Å². The Hall–Kier alpha value is -2.73. The monoisotopic (exact) mass is 367 g/mol. The third-order valence-electron chi connectivity index (χ3n) is 4.02. The highest BCUT2D eigenvalue weighted by Gasteiger charge is 2.17. The fraction of sp³-hybridized carbons (Fsp3) is 0.250. The molecule has 2 amide bonds. The molecule has 0 atom stereocenters. The number of hydrogen-bond donors (Lipinski definition) is 2. The van der Waals surface area contributed by atoms with E-state index in [1.807, 2.05) is 24.3 Å². The minimum atomic E-state index is -0.315. The maximum Gasteiger partial charge on any atom is 0.276 e. The summed E-state index contributed by atoms with van der Waals surface area (Å²) in [6.07, 6.45) is 0.908. The molecule has 0 bridgehead atoms. The maximum absolute atomic E-state index is 12.7. The van der Waals surface area contributed by atoms with Gasteiger partial charge in [0.1, 0.15) is 5.69 Å². The van der Waals surface area contributed by atoms with Gasteiger partial charge < -0.3 is 10.6 Å². The smallest absolute Gasteiger partial charge is 0.276 e. The molecular formula is C20H21N3O2S. The van der Waals surface area contributed by atoms with Crippen LogP contribution in [-0.2, 0) is 0 Å². The van der Waals surface area contributed by atoms with E-state index in [-0.39, 0.29) is 11.8 Å². The topological polar surface area (TPSA) is 71.1 Å². The molecule has 1 aromatic heterocycles. The summed E-state index contributed by atoms with van der Waals surface area (Å²) >= 11 is 1.29. The highest BCUT2D eigenvalue weighted by molar-refractivity contribution is 7.13. The number of nitrogens with zero attached hydrogens (tertiary/aromatic N) is 1. The summed E-state index contributed by atoms with van der Waals surface area (Å²) < 4.78 is 5.22. The van der Waals surface area contributed by atoms with Crippen LogP contribution < -0.4 is 10.6 Å². The van der Waals surface area contributed by atoms with Crippen molar-refractivity contribution in [3.05, 3.63) is 59.8 Å². The van der Waals surface area contributed by atoms with Gasteiger partial charge in [0, 0.05) is 11.9 Å². The van der Waals surface area contributed by atoms with Crippen LogP contribution in [-0.4, -0.2) is 22.7 Å². The van der Waals surface area contributed by atoms with Crippen LogP contribution in [0.5, 0.6) is 0 Å². The highest BCUT2D eigenvalue weighted by atomic mass is 32.1. The first-order chi connectivity index (χ1) is 12.6. The van der Waals surface area contributed by atoms with Crippen LogP contribution in [0.2, 0.25) is 0 Å². The molecule has 0 aliphatic heterocycles. The molecule has 0 aliphatic carbocycles. The zero-order valence-corrected chi connectivity index (χ0v) is 15.6. The Balaban J connectivity index is 1.77. The number of anilines is 1. The van der Waals surface area contributed by atoms with Crippen molar-refractivity contribution in [3.8, 4) is 0 Å². The van der Waals surface area contributed by atoms with Crippen LogP contribution in [0, 0.1) is 5.92 Å². The second-order valence-corrected chi connectivity index (χ2v) is 7.27. The fourth-order valence-electron chi connectivity index (χ4n) is 2.59. The van der Waals surface area contributed by atoms with Crippen molar-refractivity contribution < 1.29 is 9.59 Å². The number of aromatic nitrogens is 1. The number of carbonyl (C=O) groups is 2. The van der Waals surface area contributed by atoms with Gasteiger partial charge in [-0.3, -0.25) is 9.59 Å². The zero-order chi connectivity index (χ0) is 18.5. The van der Waals surface area contributed by atoms with Crippen LogP contribution in [0.3, 0.4) is 0 Å². The molecular weight excluding hydrogens is 346 g/mol. The predicted molar refractivity (Wildman–Crippen MR) is 106 cm³/mol. The Morgan fingerprint density at radius 2 is 1.77 bits per heavy atom. The van der Waals surface area contributed by atoms with Crippen molar-refractivity contribution in [3.63, 3.8) is 0 Å². The summed E-state index contributed by atoms with van der Waals surface area (Å²) in [4.78, 5) is 25.1. The summed E-state index contributed by atoms with van der Waals surface area (Å²) in [6, 6.07) is 14.6. The summed E-state index contributed by atoms with van der Waals surface area (Å²) in [7, 11) is 0. The van der Waals surface area contributed by atoms with Crippen molar-refractivity contribution >= 4 is 39.1 Å². The van der Waals surface area contributed by atoms with Crippen LogP contribution in [0.15, 0.2) is 48.5 Å². The van der Waals surface area contributed by atoms with Crippen LogP contribution in [0.4, 0.5) is 5.69 Å². The molecule has 3 aromatic rings. The SMILES string of the molecule is CC(C)CCNC(=O)c1ccccc1NC(=O)c1nsc2ccccc12. The average molecular weight is 367 g/mol. The number of amides is 2. The third kappa shape index (κ3) is 4.08. The van der Waals surface area contributed by atoms with Gasteiger partial charge in [0.2, 0.25) is 0 Å². The zero-order valence-electron chi connectivity index (χ0n) is 14.8. The molecule has 0 unspecified atom stereocenters. The van der Waals surface area contributed by atoms with E-state index in [0.717, 1.165) is 16.5 Å². The molecule has 0 spiro atoms. The minimum absolute atomic E-state index is 0.190. The highest BCUT2D eigenvalue weighted by Crippen LogP contribution is 2.24. The number of para-hydroxylation sites is 1. The average Bonchev–Trinajstić information content (AvgIpc) is 3.06. The molecule has 2 N–H and O–H groups in total. The quantitative estimate of drug-likeness (QED) is 0.681. The van der Waals surface area contributed by atoms with Crippen molar-refractivity contribution in [2.45, 2.75) is 20.3 Å². The molecule has 6 heteroatoms. The van der Waals surface area contributed by atoms with Crippen LogP contribution in [0.25, 0.3) is 10.1 Å². The van der Waals surface area contributed by atoms with Gasteiger partial charge in [-0.15, -0.1) is 0 Å². The van der Waals surface area contributed by atoms with Crippen molar-refractivity contribution in [1.29, 1.82) is 0 Å². The molecule has 0 fully saturated rings. The third-order valence-corrected chi connectivity index (χ3v) is 4.85. The second kappa shape index (κ2) is 8.10. The Morgan fingerprint density at radius 3 is 2.58 bits per heavy atom. The van der Waals surface area contributed by atoms with Gasteiger partial charge in [-0.25, -0.2) is 0 Å². The fourth-order valence-corrected chi connectivity index (χ4v) is 3.36. The number of rotatable bonds is 6. The van der Waals surface area contributed by atoms with Crippen LogP contribution in [0.1, 0.15) is 41.1 Å². The summed E-state index contributed by atoms with van der Waals surface area (Å²) in [5, 5.41) is 6.55. The number of benzene rings is 2. The van der Waals surface area contributed by atoms with E-state index in [1.165, 1.54) is 11.5 Å². The first-order valence-corrected chi connectivity index (χ1v) is 9.36.